The van der Waals surface area contributed by atoms with Gasteiger partial charge in [-0.2, -0.15) is 5.10 Å². The van der Waals surface area contributed by atoms with Crippen LogP contribution in [0.5, 0.6) is 0 Å². The Balaban J connectivity index is 1.47. The van der Waals surface area contributed by atoms with E-state index in [-0.39, 0.29) is 10.9 Å². The van der Waals surface area contributed by atoms with Crippen molar-refractivity contribution >= 4 is 21.6 Å². The van der Waals surface area contributed by atoms with Crippen LogP contribution in [-0.2, 0) is 10.0 Å². The quantitative estimate of drug-likeness (QED) is 0.433. The maximum atomic E-state index is 13.3. The van der Waals surface area contributed by atoms with Gasteiger partial charge in [0, 0.05) is 17.3 Å². The van der Waals surface area contributed by atoms with Crippen molar-refractivity contribution in [1.29, 1.82) is 0 Å². The van der Waals surface area contributed by atoms with Crippen molar-refractivity contribution in [2.24, 2.45) is 0 Å². The molecule has 0 unspecified atom stereocenters. The predicted molar refractivity (Wildman–Crippen MR) is 127 cm³/mol. The lowest BCUT2D eigenvalue weighted by atomic mass is 10.1. The maximum absolute atomic E-state index is 13.3. The van der Waals surface area contributed by atoms with E-state index >= 15 is 0 Å². The van der Waals surface area contributed by atoms with E-state index in [0.29, 0.717) is 17.1 Å². The van der Waals surface area contributed by atoms with Crippen molar-refractivity contribution in [2.75, 3.05) is 5.32 Å². The molecule has 33 heavy (non-hydrogen) atoms. The molecule has 1 heterocycles. The smallest absolute Gasteiger partial charge is 0.274 e. The minimum atomic E-state index is -3.62. The molecule has 7 nitrogen and oxygen atoms in total. The van der Waals surface area contributed by atoms with Crippen molar-refractivity contribution in [3.8, 4) is 16.9 Å². The van der Waals surface area contributed by atoms with Gasteiger partial charge in [-0.15, -0.1) is 0 Å². The Kier molecular flexibility index (Phi) is 5.53. The van der Waals surface area contributed by atoms with Crippen LogP contribution in [-0.4, -0.2) is 30.1 Å². The van der Waals surface area contributed by atoms with Gasteiger partial charge in [-0.3, -0.25) is 4.79 Å². The highest BCUT2D eigenvalue weighted by Crippen LogP contribution is 2.25. The van der Waals surface area contributed by atoms with Gasteiger partial charge in [-0.25, -0.2) is 17.8 Å². The summed E-state index contributed by atoms with van der Waals surface area (Å²) in [5.41, 5.74) is 3.02. The van der Waals surface area contributed by atoms with Crippen molar-refractivity contribution in [1.82, 2.24) is 14.5 Å². The van der Waals surface area contributed by atoms with E-state index in [1.54, 1.807) is 22.9 Å². The molecule has 1 aliphatic carbocycles. The zero-order chi connectivity index (χ0) is 22.8. The van der Waals surface area contributed by atoms with Crippen molar-refractivity contribution < 1.29 is 13.2 Å². The lowest BCUT2D eigenvalue weighted by Gasteiger charge is -2.10. The number of para-hydroxylation sites is 1. The Hall–Kier alpha value is -3.75. The number of aromatic nitrogens is 2. The summed E-state index contributed by atoms with van der Waals surface area (Å²) < 4.78 is 29.4. The average Bonchev–Trinajstić information content (AvgIpc) is 3.52. The first-order chi connectivity index (χ1) is 16.0. The van der Waals surface area contributed by atoms with Gasteiger partial charge in [0.25, 0.3) is 5.91 Å². The van der Waals surface area contributed by atoms with Crippen LogP contribution >= 0.6 is 0 Å². The molecule has 0 saturated heterocycles. The fourth-order valence-corrected chi connectivity index (χ4v) is 4.83. The molecule has 166 valence electrons. The van der Waals surface area contributed by atoms with Gasteiger partial charge in [0.15, 0.2) is 0 Å². The van der Waals surface area contributed by atoms with Gasteiger partial charge in [0.2, 0.25) is 10.0 Å². The molecule has 0 bridgehead atoms. The molecule has 0 aliphatic heterocycles. The zero-order valence-electron chi connectivity index (χ0n) is 17.7. The summed E-state index contributed by atoms with van der Waals surface area (Å²) in [6.07, 6.45) is 1.70. The number of hydrogen-bond acceptors (Lipinski definition) is 4. The Morgan fingerprint density at radius 3 is 2.27 bits per heavy atom. The monoisotopic (exact) mass is 458 g/mol. The molecule has 1 amide bonds. The largest absolute Gasteiger partial charge is 0.321 e. The van der Waals surface area contributed by atoms with Crippen LogP contribution < -0.4 is 10.0 Å². The highest BCUT2D eigenvalue weighted by molar-refractivity contribution is 7.89. The molecule has 0 radical (unpaired) electrons. The van der Waals surface area contributed by atoms with E-state index in [9.17, 15) is 13.2 Å². The maximum Gasteiger partial charge on any atom is 0.274 e. The first-order valence-corrected chi connectivity index (χ1v) is 12.1. The second-order valence-corrected chi connectivity index (χ2v) is 9.62. The van der Waals surface area contributed by atoms with E-state index in [0.717, 1.165) is 24.1 Å². The standard InChI is InChI=1S/C25H22N4O3S/c30-25(26-20-10-7-13-22(16-20)33(31,32)28-19-14-15-19)24-17-23(18-8-3-1-4-9-18)27-29(24)21-11-5-2-6-12-21/h1-13,16-17,19,28H,14-15H2,(H,26,30). The molecule has 1 fully saturated rings. The number of anilines is 1. The summed E-state index contributed by atoms with van der Waals surface area (Å²) in [7, 11) is -3.62. The third-order valence-corrected chi connectivity index (χ3v) is 6.83. The second kappa shape index (κ2) is 8.65. The van der Waals surface area contributed by atoms with Crippen molar-refractivity contribution in [3.63, 3.8) is 0 Å². The first kappa shape index (κ1) is 21.1. The van der Waals surface area contributed by atoms with Gasteiger partial charge in [-0.05, 0) is 49.2 Å². The van der Waals surface area contributed by atoms with Gasteiger partial charge < -0.3 is 5.32 Å². The number of nitrogens with zero attached hydrogens (tertiary/aromatic N) is 2. The van der Waals surface area contributed by atoms with Crippen LogP contribution in [0.25, 0.3) is 16.9 Å². The number of nitrogens with one attached hydrogen (secondary N) is 2. The number of sulfonamides is 1. The average molecular weight is 459 g/mol. The van der Waals surface area contributed by atoms with E-state index in [4.69, 9.17) is 0 Å². The second-order valence-electron chi connectivity index (χ2n) is 7.91. The number of carbonyl (C=O) groups is 1. The lowest BCUT2D eigenvalue weighted by molar-refractivity contribution is 0.101. The lowest BCUT2D eigenvalue weighted by Crippen LogP contribution is -2.25. The van der Waals surface area contributed by atoms with E-state index in [1.165, 1.54) is 12.1 Å². The van der Waals surface area contributed by atoms with Crippen LogP contribution in [0.15, 0.2) is 95.9 Å². The van der Waals surface area contributed by atoms with Gasteiger partial charge >= 0.3 is 0 Å². The first-order valence-electron chi connectivity index (χ1n) is 10.6. The number of hydrogen-bond donors (Lipinski definition) is 2. The Morgan fingerprint density at radius 1 is 0.879 bits per heavy atom. The summed E-state index contributed by atoms with van der Waals surface area (Å²) in [5, 5.41) is 7.48. The molecular weight excluding hydrogens is 436 g/mol. The summed E-state index contributed by atoms with van der Waals surface area (Å²) in [4.78, 5) is 13.4. The molecular formula is C25H22N4O3S. The SMILES string of the molecule is O=C(Nc1cccc(S(=O)(=O)NC2CC2)c1)c1cc(-c2ccccc2)nn1-c1ccccc1. The topological polar surface area (TPSA) is 93.1 Å². The summed E-state index contributed by atoms with van der Waals surface area (Å²) in [5.74, 6) is -0.391. The molecule has 0 spiro atoms. The molecule has 1 saturated carbocycles. The number of rotatable bonds is 7. The molecule has 0 atom stereocenters. The van der Waals surface area contributed by atoms with E-state index in [2.05, 4.69) is 15.1 Å². The highest BCUT2D eigenvalue weighted by Gasteiger charge is 2.28. The fraction of sp³-hybridized carbons (Fsp3) is 0.120. The van der Waals surface area contributed by atoms with Crippen LogP contribution in [0, 0.1) is 0 Å². The van der Waals surface area contributed by atoms with Crippen LogP contribution in [0.4, 0.5) is 5.69 Å². The Bertz CT molecular complexity index is 1400. The van der Waals surface area contributed by atoms with Gasteiger partial charge in [0.1, 0.15) is 5.69 Å². The predicted octanol–water partition coefficient (Wildman–Crippen LogP) is 4.23. The van der Waals surface area contributed by atoms with Crippen LogP contribution in [0.1, 0.15) is 23.3 Å². The van der Waals surface area contributed by atoms with Crippen LogP contribution in [0.3, 0.4) is 0 Å². The number of benzene rings is 3. The highest BCUT2D eigenvalue weighted by atomic mass is 32.2. The Morgan fingerprint density at radius 2 is 1.58 bits per heavy atom. The van der Waals surface area contributed by atoms with Gasteiger partial charge in [-0.1, -0.05) is 54.6 Å². The van der Waals surface area contributed by atoms with Crippen molar-refractivity contribution in [3.05, 3.63) is 96.7 Å². The summed E-state index contributed by atoms with van der Waals surface area (Å²) in [6, 6.07) is 27.0. The number of amides is 1. The third-order valence-electron chi connectivity index (χ3n) is 5.31. The summed E-state index contributed by atoms with van der Waals surface area (Å²) >= 11 is 0. The molecule has 4 aromatic rings. The Labute approximate surface area is 192 Å². The molecule has 3 aromatic carbocycles. The zero-order valence-corrected chi connectivity index (χ0v) is 18.5. The summed E-state index contributed by atoms with van der Waals surface area (Å²) in [6.45, 7) is 0. The molecule has 5 rings (SSSR count). The molecule has 1 aromatic heterocycles. The number of carbonyl (C=O) groups excluding carboxylic acids is 1. The molecule has 2 N–H and O–H groups in total. The third kappa shape index (κ3) is 4.72. The van der Waals surface area contributed by atoms with E-state index < -0.39 is 15.9 Å². The van der Waals surface area contributed by atoms with Gasteiger partial charge in [0.05, 0.1) is 16.3 Å². The molecule has 8 heteroatoms. The molecule has 1 aliphatic rings. The normalized spacial score (nSPS) is 13.6. The van der Waals surface area contributed by atoms with E-state index in [1.807, 2.05) is 60.7 Å². The minimum Gasteiger partial charge on any atom is -0.321 e. The fourth-order valence-electron chi connectivity index (χ4n) is 3.48. The van der Waals surface area contributed by atoms with Crippen molar-refractivity contribution in [2.45, 2.75) is 23.8 Å². The van der Waals surface area contributed by atoms with Crippen LogP contribution in [0.2, 0.25) is 0 Å². The minimum absolute atomic E-state index is 0.00452.